The number of nitrogens with one attached hydrogen (secondary N) is 1. The number of allylic oxidation sites excluding steroid dienone is 1. The highest BCUT2D eigenvalue weighted by Crippen LogP contribution is 2.59. The lowest BCUT2D eigenvalue weighted by Gasteiger charge is -2.42. The van der Waals surface area contributed by atoms with Gasteiger partial charge in [-0.2, -0.15) is 0 Å². The third kappa shape index (κ3) is 7.08. The maximum Gasteiger partial charge on any atom is 0.313 e. The number of nitrogens with zero attached hydrogens (tertiary/aromatic N) is 2. The van der Waals surface area contributed by atoms with Gasteiger partial charge in [-0.05, 0) is 71.8 Å². The number of fused-ring (bicyclic) bond motifs is 1. The Labute approximate surface area is 273 Å². The molecule has 2 N–H and O–H groups in total. The fraction of sp³-hybridized carbons (Fsp3) is 0.611. The minimum absolute atomic E-state index is 0.0500. The Morgan fingerprint density at radius 2 is 1.89 bits per heavy atom. The molecule has 7 atom stereocenters. The molecule has 1 aromatic rings. The standard InChI is InChI=1S/C36H51N3O7/c1-7-9-18-27(41)37-24(3)30(25-16-12-10-13-17-25)45-34(44)28-26-19-20-36(46-26)29(28)32(42)38(22-14-11-15-23-40)31(36)33(43)39(21-8-2)35(4,5)6/h7-8,10,12-13,16-17,24,26,28-31,40H,1-2,9,11,14-15,18-23H2,3-6H3,(H,37,41)/t24-,26-,28+,29+,30-,31-,36+/m1/s1. The van der Waals surface area contributed by atoms with Gasteiger partial charge in [-0.15, -0.1) is 13.2 Å². The Kier molecular flexibility index (Phi) is 11.5. The average Bonchev–Trinajstić information content (AvgIpc) is 3.66. The molecule has 0 aromatic heterocycles. The summed E-state index contributed by atoms with van der Waals surface area (Å²) in [4.78, 5) is 59.0. The summed E-state index contributed by atoms with van der Waals surface area (Å²) in [6.45, 7) is 15.8. The van der Waals surface area contributed by atoms with E-state index in [2.05, 4.69) is 18.5 Å². The Hall–Kier alpha value is -3.50. The topological polar surface area (TPSA) is 125 Å². The quantitative estimate of drug-likeness (QED) is 0.159. The van der Waals surface area contributed by atoms with Gasteiger partial charge in [0.1, 0.15) is 17.7 Å². The fourth-order valence-corrected chi connectivity index (χ4v) is 7.42. The molecular weight excluding hydrogens is 586 g/mol. The molecule has 0 unspecified atom stereocenters. The van der Waals surface area contributed by atoms with Crippen LogP contribution in [0.1, 0.15) is 84.3 Å². The van der Waals surface area contributed by atoms with Crippen molar-refractivity contribution < 1.29 is 33.8 Å². The van der Waals surface area contributed by atoms with Crippen molar-refractivity contribution in [1.82, 2.24) is 15.1 Å². The zero-order valence-corrected chi connectivity index (χ0v) is 27.8. The normalized spacial score (nSPS) is 26.3. The number of unbranched alkanes of at least 4 members (excludes halogenated alkanes) is 2. The summed E-state index contributed by atoms with van der Waals surface area (Å²) < 4.78 is 12.8. The number of hydrogen-bond donors (Lipinski definition) is 2. The molecule has 3 aliphatic heterocycles. The van der Waals surface area contributed by atoms with Gasteiger partial charge < -0.3 is 29.7 Å². The van der Waals surface area contributed by atoms with Crippen LogP contribution in [0.3, 0.4) is 0 Å². The maximum absolute atomic E-state index is 14.5. The van der Waals surface area contributed by atoms with E-state index in [1.54, 1.807) is 28.9 Å². The van der Waals surface area contributed by atoms with Gasteiger partial charge in [0.25, 0.3) is 0 Å². The van der Waals surface area contributed by atoms with E-state index in [0.29, 0.717) is 57.2 Å². The van der Waals surface area contributed by atoms with Crippen molar-refractivity contribution in [2.45, 2.75) is 108 Å². The lowest BCUT2D eigenvalue weighted by atomic mass is 9.70. The molecule has 3 aliphatic rings. The van der Waals surface area contributed by atoms with Crippen molar-refractivity contribution in [2.24, 2.45) is 11.8 Å². The molecule has 3 amide bonds. The van der Waals surface area contributed by atoms with Crippen molar-refractivity contribution in [1.29, 1.82) is 0 Å². The van der Waals surface area contributed by atoms with Crippen molar-refractivity contribution in [2.75, 3.05) is 19.7 Å². The fourth-order valence-electron chi connectivity index (χ4n) is 7.42. The number of rotatable bonds is 16. The summed E-state index contributed by atoms with van der Waals surface area (Å²) in [7, 11) is 0. The molecule has 3 saturated heterocycles. The van der Waals surface area contributed by atoms with E-state index in [9.17, 15) is 24.3 Å². The second-order valence-corrected chi connectivity index (χ2v) is 13.7. The zero-order valence-electron chi connectivity index (χ0n) is 27.8. The number of amides is 3. The van der Waals surface area contributed by atoms with Gasteiger partial charge in [-0.1, -0.05) is 42.5 Å². The van der Waals surface area contributed by atoms with Crippen molar-refractivity contribution >= 4 is 23.7 Å². The predicted molar refractivity (Wildman–Crippen MR) is 174 cm³/mol. The van der Waals surface area contributed by atoms with Crippen LogP contribution in [0.5, 0.6) is 0 Å². The molecule has 4 rings (SSSR count). The van der Waals surface area contributed by atoms with Gasteiger partial charge in [0, 0.05) is 31.7 Å². The summed E-state index contributed by atoms with van der Waals surface area (Å²) in [5.41, 5.74) is -0.986. The number of carbonyl (C=O) groups excluding carboxylic acids is 4. The predicted octanol–water partition coefficient (Wildman–Crippen LogP) is 4.09. The third-order valence-corrected chi connectivity index (χ3v) is 9.54. The van der Waals surface area contributed by atoms with Crippen LogP contribution in [-0.2, 0) is 28.7 Å². The summed E-state index contributed by atoms with van der Waals surface area (Å²) in [5.74, 6) is -3.02. The summed E-state index contributed by atoms with van der Waals surface area (Å²) in [5, 5.41) is 12.3. The van der Waals surface area contributed by atoms with Crippen LogP contribution >= 0.6 is 0 Å². The lowest BCUT2D eigenvalue weighted by Crippen LogP contribution is -2.59. The monoisotopic (exact) mass is 637 g/mol. The molecule has 46 heavy (non-hydrogen) atoms. The van der Waals surface area contributed by atoms with Gasteiger partial charge in [0.05, 0.1) is 24.0 Å². The minimum Gasteiger partial charge on any atom is -0.455 e. The first-order chi connectivity index (χ1) is 21.9. The first-order valence-electron chi connectivity index (χ1n) is 16.6. The Morgan fingerprint density at radius 1 is 1.17 bits per heavy atom. The number of benzene rings is 1. The Morgan fingerprint density at radius 3 is 2.52 bits per heavy atom. The molecular formula is C36H51N3O7. The zero-order chi connectivity index (χ0) is 33.6. The van der Waals surface area contributed by atoms with Crippen molar-refractivity contribution in [3.05, 3.63) is 61.2 Å². The van der Waals surface area contributed by atoms with E-state index < -0.39 is 53.2 Å². The maximum atomic E-state index is 14.5. The molecule has 0 radical (unpaired) electrons. The average molecular weight is 638 g/mol. The molecule has 1 aromatic carbocycles. The Balaban J connectivity index is 1.66. The summed E-state index contributed by atoms with van der Waals surface area (Å²) in [6.07, 6.45) is 5.66. The van der Waals surface area contributed by atoms with Crippen LogP contribution in [-0.4, -0.2) is 87.6 Å². The van der Waals surface area contributed by atoms with Crippen LogP contribution in [0.4, 0.5) is 0 Å². The number of likely N-dealkylation sites (tertiary alicyclic amines) is 1. The first kappa shape index (κ1) is 35.4. The van der Waals surface area contributed by atoms with Gasteiger partial charge in [0.2, 0.25) is 17.7 Å². The molecule has 1 spiro atoms. The highest BCUT2D eigenvalue weighted by atomic mass is 16.6. The number of carbonyl (C=O) groups is 4. The van der Waals surface area contributed by atoms with E-state index in [1.807, 2.05) is 51.1 Å². The molecule has 2 bridgehead atoms. The highest BCUT2D eigenvalue weighted by molar-refractivity contribution is 5.98. The minimum atomic E-state index is -1.16. The smallest absolute Gasteiger partial charge is 0.313 e. The molecule has 10 nitrogen and oxygen atoms in total. The number of esters is 1. The molecule has 252 valence electrons. The molecule has 3 fully saturated rings. The summed E-state index contributed by atoms with van der Waals surface area (Å²) >= 11 is 0. The van der Waals surface area contributed by atoms with Gasteiger partial charge in [-0.3, -0.25) is 19.2 Å². The summed E-state index contributed by atoms with van der Waals surface area (Å²) in [6, 6.07) is 7.78. The van der Waals surface area contributed by atoms with Crippen LogP contribution in [0, 0.1) is 11.8 Å². The first-order valence-corrected chi connectivity index (χ1v) is 16.6. The van der Waals surface area contributed by atoms with Crippen LogP contribution < -0.4 is 5.32 Å². The van der Waals surface area contributed by atoms with Crippen molar-refractivity contribution in [3.63, 3.8) is 0 Å². The van der Waals surface area contributed by atoms with Crippen LogP contribution in [0.25, 0.3) is 0 Å². The lowest BCUT2D eigenvalue weighted by molar-refractivity contribution is -0.162. The third-order valence-electron chi connectivity index (χ3n) is 9.54. The van der Waals surface area contributed by atoms with E-state index in [1.165, 1.54) is 0 Å². The second-order valence-electron chi connectivity index (χ2n) is 13.7. The number of aliphatic hydroxyl groups excluding tert-OH is 1. The van der Waals surface area contributed by atoms with E-state index in [0.717, 1.165) is 0 Å². The van der Waals surface area contributed by atoms with E-state index >= 15 is 0 Å². The number of aliphatic hydroxyl groups is 1. The highest BCUT2D eigenvalue weighted by Gasteiger charge is 2.75. The van der Waals surface area contributed by atoms with Crippen molar-refractivity contribution in [3.8, 4) is 0 Å². The number of hydrogen-bond acceptors (Lipinski definition) is 7. The van der Waals surface area contributed by atoms with Gasteiger partial charge >= 0.3 is 5.97 Å². The molecule has 0 saturated carbocycles. The van der Waals surface area contributed by atoms with E-state index in [4.69, 9.17) is 9.47 Å². The molecule has 10 heteroatoms. The largest absolute Gasteiger partial charge is 0.455 e. The number of ether oxygens (including phenoxy) is 2. The van der Waals surface area contributed by atoms with Gasteiger partial charge in [-0.25, -0.2) is 0 Å². The SMILES string of the molecule is C=CCCC(=O)N[C@H](C)[C@@H](OC(=O)[C@@H]1[C@H]2C(=O)N(CCCCCO)[C@H](C(=O)N(CC=C)C(C)(C)C)[C@]23CC[C@H]1O3)c1ccccc1. The van der Waals surface area contributed by atoms with Gasteiger partial charge in [0.15, 0.2) is 0 Å². The van der Waals surface area contributed by atoms with Crippen LogP contribution in [0.2, 0.25) is 0 Å². The molecule has 3 heterocycles. The molecule has 0 aliphatic carbocycles. The second kappa shape index (κ2) is 14.9. The Bertz CT molecular complexity index is 1280. The van der Waals surface area contributed by atoms with E-state index in [-0.39, 0.29) is 30.7 Å². The van der Waals surface area contributed by atoms with Crippen LogP contribution in [0.15, 0.2) is 55.6 Å².